The minimum Gasteiger partial charge on any atom is -0.342 e. The molecule has 212 valence electrons. The van der Waals surface area contributed by atoms with E-state index in [1.807, 2.05) is 4.90 Å². The molecule has 0 bridgehead atoms. The van der Waals surface area contributed by atoms with E-state index in [0.29, 0.717) is 17.1 Å². The predicted molar refractivity (Wildman–Crippen MR) is 158 cm³/mol. The molecule has 0 N–H and O–H groups in total. The summed E-state index contributed by atoms with van der Waals surface area (Å²) in [6.45, 7) is 9.20. The van der Waals surface area contributed by atoms with Crippen LogP contribution in [0.1, 0.15) is 74.5 Å². The highest BCUT2D eigenvalue weighted by atomic mass is 35.5. The molecule has 2 aromatic carbocycles. The molecule has 0 spiro atoms. The Morgan fingerprint density at radius 2 is 1.69 bits per heavy atom. The SMILES string of the molecule is Cc1ccc([C@@]2(CCN3CCN(C4CCCCC4)CC3)CCCCN(C(=O)Cc3c(F)cccc3Cl)C2)cc1. The fraction of sp³-hybridized carbons (Fsp3) is 0.606. The van der Waals surface area contributed by atoms with Crippen LogP contribution in [0.15, 0.2) is 42.5 Å². The van der Waals surface area contributed by atoms with E-state index in [4.69, 9.17) is 11.6 Å². The summed E-state index contributed by atoms with van der Waals surface area (Å²) < 4.78 is 14.5. The number of hydrogen-bond acceptors (Lipinski definition) is 3. The fourth-order valence-corrected chi connectivity index (χ4v) is 7.36. The average molecular weight is 554 g/mol. The number of halogens is 2. The van der Waals surface area contributed by atoms with Crippen molar-refractivity contribution in [2.75, 3.05) is 45.8 Å². The largest absolute Gasteiger partial charge is 0.342 e. The molecular formula is C33H45ClFN3O. The van der Waals surface area contributed by atoms with Gasteiger partial charge >= 0.3 is 0 Å². The molecule has 39 heavy (non-hydrogen) atoms. The molecule has 2 aliphatic heterocycles. The Labute approximate surface area is 239 Å². The van der Waals surface area contributed by atoms with Gasteiger partial charge in [-0.3, -0.25) is 9.69 Å². The van der Waals surface area contributed by atoms with Gasteiger partial charge in [0.25, 0.3) is 0 Å². The molecule has 5 rings (SSSR count). The molecule has 2 saturated heterocycles. The van der Waals surface area contributed by atoms with Gasteiger partial charge in [-0.05, 0) is 63.3 Å². The summed E-state index contributed by atoms with van der Waals surface area (Å²) in [5, 5.41) is 0.329. The summed E-state index contributed by atoms with van der Waals surface area (Å²) >= 11 is 6.29. The molecule has 2 aromatic rings. The van der Waals surface area contributed by atoms with Crippen molar-refractivity contribution in [3.63, 3.8) is 0 Å². The van der Waals surface area contributed by atoms with Gasteiger partial charge in [-0.1, -0.05) is 73.2 Å². The molecule has 3 fully saturated rings. The van der Waals surface area contributed by atoms with E-state index in [2.05, 4.69) is 41.0 Å². The standard InChI is InChI=1S/C33H45ClFN3O/c1-26-12-14-27(15-13-26)33(17-19-36-20-22-37(23-21-36)28-8-3-2-4-9-28)16-5-6-18-38(25-33)32(39)24-29-30(34)10-7-11-31(29)35/h7,10-15,28H,2-6,8-9,16-25H2,1H3/t33-/m1/s1. The lowest BCUT2D eigenvalue weighted by atomic mass is 9.73. The molecule has 1 amide bonds. The molecule has 3 aliphatic rings. The number of carbonyl (C=O) groups is 1. The first-order valence-electron chi connectivity index (χ1n) is 15.2. The lowest BCUT2D eigenvalue weighted by Gasteiger charge is -2.43. The van der Waals surface area contributed by atoms with E-state index < -0.39 is 5.82 Å². The number of benzene rings is 2. The van der Waals surface area contributed by atoms with Gasteiger partial charge in [-0.25, -0.2) is 4.39 Å². The zero-order chi connectivity index (χ0) is 27.2. The predicted octanol–water partition coefficient (Wildman–Crippen LogP) is 6.62. The molecular weight excluding hydrogens is 509 g/mol. The van der Waals surface area contributed by atoms with Crippen LogP contribution in [0, 0.1) is 12.7 Å². The van der Waals surface area contributed by atoms with Gasteiger partial charge in [-0.15, -0.1) is 0 Å². The Bertz CT molecular complexity index is 1070. The third kappa shape index (κ3) is 7.04. The average Bonchev–Trinajstić information content (AvgIpc) is 3.19. The van der Waals surface area contributed by atoms with Crippen molar-refractivity contribution >= 4 is 17.5 Å². The van der Waals surface area contributed by atoms with Crippen LogP contribution in [-0.4, -0.2) is 72.5 Å². The number of rotatable bonds is 7. The molecule has 6 heteroatoms. The molecule has 1 atom stereocenters. The summed E-state index contributed by atoms with van der Waals surface area (Å²) in [4.78, 5) is 21.0. The number of hydrogen-bond donors (Lipinski definition) is 0. The first-order chi connectivity index (χ1) is 18.9. The van der Waals surface area contributed by atoms with E-state index in [1.54, 1.807) is 12.1 Å². The fourth-order valence-electron chi connectivity index (χ4n) is 7.13. The normalized spacial score (nSPS) is 24.0. The van der Waals surface area contributed by atoms with Gasteiger partial charge in [0, 0.05) is 61.3 Å². The summed E-state index contributed by atoms with van der Waals surface area (Å²) in [6, 6.07) is 14.4. The maximum Gasteiger partial charge on any atom is 0.227 e. The highest BCUT2D eigenvalue weighted by Crippen LogP contribution is 2.38. The minimum absolute atomic E-state index is 0.0125. The Balaban J connectivity index is 1.29. The number of aryl methyl sites for hydroxylation is 1. The van der Waals surface area contributed by atoms with Crippen LogP contribution in [0.25, 0.3) is 0 Å². The van der Waals surface area contributed by atoms with Crippen LogP contribution in [0.2, 0.25) is 5.02 Å². The second kappa shape index (κ2) is 13.1. The second-order valence-corrected chi connectivity index (χ2v) is 12.6. The Morgan fingerprint density at radius 1 is 0.949 bits per heavy atom. The molecule has 1 aliphatic carbocycles. The quantitative estimate of drug-likeness (QED) is 0.385. The summed E-state index contributed by atoms with van der Waals surface area (Å²) in [5.41, 5.74) is 2.80. The van der Waals surface area contributed by atoms with Crippen molar-refractivity contribution in [1.82, 2.24) is 14.7 Å². The van der Waals surface area contributed by atoms with Gasteiger partial charge in [0.15, 0.2) is 0 Å². The summed E-state index contributed by atoms with van der Waals surface area (Å²) in [5.74, 6) is -0.427. The lowest BCUT2D eigenvalue weighted by molar-refractivity contribution is -0.131. The van der Waals surface area contributed by atoms with Crippen LogP contribution < -0.4 is 0 Å². The van der Waals surface area contributed by atoms with Gasteiger partial charge in [-0.2, -0.15) is 0 Å². The number of amides is 1. The number of nitrogens with zero attached hydrogens (tertiary/aromatic N) is 3. The maximum atomic E-state index is 14.5. The van der Waals surface area contributed by atoms with Gasteiger partial charge in [0.2, 0.25) is 5.91 Å². The third-order valence-electron chi connectivity index (χ3n) is 9.64. The van der Waals surface area contributed by atoms with Crippen LogP contribution in [-0.2, 0) is 16.6 Å². The van der Waals surface area contributed by atoms with Crippen LogP contribution in [0.5, 0.6) is 0 Å². The van der Waals surface area contributed by atoms with E-state index in [0.717, 1.165) is 57.9 Å². The zero-order valence-electron chi connectivity index (χ0n) is 23.6. The van der Waals surface area contributed by atoms with E-state index in [1.165, 1.54) is 62.4 Å². The van der Waals surface area contributed by atoms with Crippen molar-refractivity contribution < 1.29 is 9.18 Å². The highest BCUT2D eigenvalue weighted by Gasteiger charge is 2.38. The van der Waals surface area contributed by atoms with Gasteiger partial charge in [0.1, 0.15) is 5.82 Å². The van der Waals surface area contributed by atoms with Gasteiger partial charge in [0.05, 0.1) is 6.42 Å². The highest BCUT2D eigenvalue weighted by molar-refractivity contribution is 6.31. The first kappa shape index (κ1) is 28.6. The topological polar surface area (TPSA) is 26.8 Å². The first-order valence-corrected chi connectivity index (χ1v) is 15.6. The van der Waals surface area contributed by atoms with Crippen LogP contribution >= 0.6 is 11.6 Å². The Hall–Kier alpha value is -1.95. The van der Waals surface area contributed by atoms with E-state index in [9.17, 15) is 9.18 Å². The smallest absolute Gasteiger partial charge is 0.227 e. The number of likely N-dealkylation sites (tertiary alicyclic amines) is 1. The maximum absolute atomic E-state index is 14.5. The van der Waals surface area contributed by atoms with Crippen molar-refractivity contribution in [3.05, 3.63) is 70.0 Å². The molecule has 0 aromatic heterocycles. The van der Waals surface area contributed by atoms with Crippen molar-refractivity contribution in [3.8, 4) is 0 Å². The van der Waals surface area contributed by atoms with Crippen LogP contribution in [0.3, 0.4) is 0 Å². The summed E-state index contributed by atoms with van der Waals surface area (Å²) in [6.07, 6.45) is 11.1. The van der Waals surface area contributed by atoms with Crippen molar-refractivity contribution in [2.45, 2.75) is 82.6 Å². The lowest BCUT2D eigenvalue weighted by Crippen LogP contribution is -2.52. The number of piperazine rings is 1. The Kier molecular flexibility index (Phi) is 9.63. The van der Waals surface area contributed by atoms with E-state index in [-0.39, 0.29) is 17.7 Å². The second-order valence-electron chi connectivity index (χ2n) is 12.2. The number of carbonyl (C=O) groups excluding carboxylic acids is 1. The summed E-state index contributed by atoms with van der Waals surface area (Å²) in [7, 11) is 0. The molecule has 0 radical (unpaired) electrons. The van der Waals surface area contributed by atoms with Crippen molar-refractivity contribution in [1.29, 1.82) is 0 Å². The van der Waals surface area contributed by atoms with Crippen molar-refractivity contribution in [2.24, 2.45) is 0 Å². The molecule has 4 nitrogen and oxygen atoms in total. The van der Waals surface area contributed by atoms with E-state index >= 15 is 0 Å². The molecule has 0 unspecified atom stereocenters. The zero-order valence-corrected chi connectivity index (χ0v) is 24.4. The van der Waals surface area contributed by atoms with Gasteiger partial charge < -0.3 is 9.80 Å². The molecule has 1 saturated carbocycles. The molecule has 2 heterocycles. The Morgan fingerprint density at radius 3 is 2.41 bits per heavy atom. The minimum atomic E-state index is -0.400. The van der Waals surface area contributed by atoms with Crippen LogP contribution in [0.4, 0.5) is 4.39 Å². The third-order valence-corrected chi connectivity index (χ3v) is 9.99. The monoisotopic (exact) mass is 553 g/mol.